The number of para-hydroxylation sites is 1. The number of hydrogen-bond donors (Lipinski definition) is 1. The monoisotopic (exact) mass is 368 g/mol. The van der Waals surface area contributed by atoms with Crippen LogP contribution in [-0.2, 0) is 19.1 Å². The Bertz CT molecular complexity index is 708. The molecule has 1 aromatic carbocycles. The molecule has 1 aromatic rings. The topological polar surface area (TPSA) is 84.9 Å². The first kappa shape index (κ1) is 19.4. The van der Waals surface area contributed by atoms with Gasteiger partial charge in [0.15, 0.2) is 0 Å². The largest absolute Gasteiger partial charge is 0.469 e. The van der Waals surface area contributed by atoms with E-state index < -0.39 is 30.4 Å². The minimum Gasteiger partial charge on any atom is -0.469 e. The lowest BCUT2D eigenvalue weighted by molar-refractivity contribution is -0.148. The van der Waals surface area contributed by atoms with Crippen LogP contribution >= 0.6 is 0 Å². The van der Waals surface area contributed by atoms with Crippen LogP contribution in [-0.4, -0.2) is 55.5 Å². The van der Waals surface area contributed by atoms with E-state index in [2.05, 4.69) is 14.8 Å². The van der Waals surface area contributed by atoms with Crippen LogP contribution in [0.15, 0.2) is 30.3 Å². The molecule has 1 N–H and O–H groups in total. The highest BCUT2D eigenvalue weighted by Gasteiger charge is 2.34. The zero-order valence-corrected chi connectivity index (χ0v) is 14.0. The molecule has 140 valence electrons. The molecule has 0 aromatic heterocycles. The zero-order valence-electron chi connectivity index (χ0n) is 14.0. The number of esters is 1. The number of benzene rings is 1. The average molecular weight is 368 g/mol. The molecule has 2 amide bonds. The molecule has 26 heavy (non-hydrogen) atoms. The maximum Gasteiger partial charge on any atom is 0.387 e. The molecule has 1 saturated heterocycles. The number of amides is 2. The van der Waals surface area contributed by atoms with Crippen LogP contribution in [0.2, 0.25) is 0 Å². The normalized spacial score (nSPS) is 17.3. The van der Waals surface area contributed by atoms with Gasteiger partial charge in [0, 0.05) is 24.7 Å². The first-order valence-corrected chi connectivity index (χ1v) is 7.79. The van der Waals surface area contributed by atoms with E-state index in [0.29, 0.717) is 0 Å². The van der Waals surface area contributed by atoms with Crippen molar-refractivity contribution in [2.75, 3.05) is 20.2 Å². The lowest BCUT2D eigenvalue weighted by atomic mass is 10.1. The summed E-state index contributed by atoms with van der Waals surface area (Å²) in [4.78, 5) is 37.1. The van der Waals surface area contributed by atoms with Crippen molar-refractivity contribution in [3.05, 3.63) is 35.9 Å². The number of carbonyl (C=O) groups excluding carboxylic acids is 3. The number of rotatable bonds is 6. The number of nitrogens with zero attached hydrogens (tertiary/aromatic N) is 1. The summed E-state index contributed by atoms with van der Waals surface area (Å²) >= 11 is 0. The fourth-order valence-electron chi connectivity index (χ4n) is 2.50. The Morgan fingerprint density at radius 2 is 2.12 bits per heavy atom. The second-order valence-electron chi connectivity index (χ2n) is 5.37. The van der Waals surface area contributed by atoms with Crippen LogP contribution in [0.4, 0.5) is 8.78 Å². The van der Waals surface area contributed by atoms with Crippen molar-refractivity contribution in [3.63, 3.8) is 0 Å². The van der Waals surface area contributed by atoms with Gasteiger partial charge < -0.3 is 19.7 Å². The van der Waals surface area contributed by atoms with Crippen LogP contribution in [0.1, 0.15) is 12.0 Å². The van der Waals surface area contributed by atoms with E-state index >= 15 is 0 Å². The summed E-state index contributed by atoms with van der Waals surface area (Å²) in [5.74, 6) is -1.68. The summed E-state index contributed by atoms with van der Waals surface area (Å²) in [6.07, 6.45) is 2.20. The Morgan fingerprint density at radius 3 is 2.81 bits per heavy atom. The minimum absolute atomic E-state index is 0.0750. The van der Waals surface area contributed by atoms with Gasteiger partial charge in [0.1, 0.15) is 11.8 Å². The fourth-order valence-corrected chi connectivity index (χ4v) is 2.50. The number of halogens is 2. The third-order valence-electron chi connectivity index (χ3n) is 3.74. The summed E-state index contributed by atoms with van der Waals surface area (Å²) in [6, 6.07) is 5.01. The van der Waals surface area contributed by atoms with Gasteiger partial charge in [-0.3, -0.25) is 14.4 Å². The summed E-state index contributed by atoms with van der Waals surface area (Å²) in [6.45, 7) is -2.53. The second kappa shape index (κ2) is 8.93. The van der Waals surface area contributed by atoms with Crippen molar-refractivity contribution in [3.8, 4) is 5.75 Å². The van der Waals surface area contributed by atoms with Gasteiger partial charge in [-0.15, -0.1) is 0 Å². The van der Waals surface area contributed by atoms with Crippen molar-refractivity contribution in [1.29, 1.82) is 0 Å². The maximum absolute atomic E-state index is 12.4. The maximum atomic E-state index is 12.4. The second-order valence-corrected chi connectivity index (χ2v) is 5.37. The van der Waals surface area contributed by atoms with Gasteiger partial charge in [0.2, 0.25) is 11.8 Å². The van der Waals surface area contributed by atoms with Crippen LogP contribution < -0.4 is 10.1 Å². The number of ether oxygens (including phenoxy) is 2. The predicted octanol–water partition coefficient (Wildman–Crippen LogP) is 1.19. The molecule has 1 aliphatic heterocycles. The van der Waals surface area contributed by atoms with Crippen LogP contribution in [0, 0.1) is 0 Å². The van der Waals surface area contributed by atoms with Crippen molar-refractivity contribution in [2.45, 2.75) is 19.1 Å². The average Bonchev–Trinajstić information content (AvgIpc) is 2.61. The highest BCUT2D eigenvalue weighted by atomic mass is 19.3. The molecular formula is C17H18F2N2O5. The van der Waals surface area contributed by atoms with Crippen molar-refractivity contribution >= 4 is 23.9 Å². The first-order valence-electron chi connectivity index (χ1n) is 7.79. The third-order valence-corrected chi connectivity index (χ3v) is 3.74. The molecule has 0 bridgehead atoms. The number of nitrogens with one attached hydrogen (secondary N) is 1. The van der Waals surface area contributed by atoms with Crippen LogP contribution in [0.3, 0.4) is 0 Å². The molecule has 0 aliphatic carbocycles. The van der Waals surface area contributed by atoms with Crippen molar-refractivity contribution in [1.82, 2.24) is 10.2 Å². The Morgan fingerprint density at radius 1 is 1.38 bits per heavy atom. The van der Waals surface area contributed by atoms with Crippen molar-refractivity contribution < 1.29 is 32.6 Å². The zero-order chi connectivity index (χ0) is 19.1. The number of carbonyl (C=O) groups is 3. The van der Waals surface area contributed by atoms with Gasteiger partial charge in [0.25, 0.3) is 0 Å². The molecule has 1 aliphatic rings. The molecule has 9 heteroatoms. The number of hydrogen-bond acceptors (Lipinski definition) is 5. The van der Waals surface area contributed by atoms with Gasteiger partial charge in [-0.2, -0.15) is 8.78 Å². The van der Waals surface area contributed by atoms with E-state index in [9.17, 15) is 23.2 Å². The minimum atomic E-state index is -2.99. The SMILES string of the molecule is COC(=O)CC1C(=O)NCCN1C(=O)/C=C/c1ccccc1OC(F)F. The molecule has 1 atom stereocenters. The van der Waals surface area contributed by atoms with E-state index in [1.807, 2.05) is 0 Å². The smallest absolute Gasteiger partial charge is 0.387 e. The van der Waals surface area contributed by atoms with Gasteiger partial charge >= 0.3 is 12.6 Å². The highest BCUT2D eigenvalue weighted by Crippen LogP contribution is 2.22. The predicted molar refractivity (Wildman–Crippen MR) is 87.3 cm³/mol. The van der Waals surface area contributed by atoms with Crippen molar-refractivity contribution in [2.24, 2.45) is 0 Å². The molecule has 2 rings (SSSR count). The quantitative estimate of drug-likeness (QED) is 0.602. The first-order chi connectivity index (χ1) is 12.4. The standard InChI is InChI=1S/C17H18F2N2O5/c1-25-15(23)10-12-16(24)20-8-9-21(12)14(22)7-6-11-4-2-3-5-13(11)26-17(18)19/h2-7,12,17H,8-10H2,1H3,(H,20,24)/b7-6+. The summed E-state index contributed by atoms with van der Waals surface area (Å²) in [7, 11) is 1.19. The Labute approximate surface area is 148 Å². The summed E-state index contributed by atoms with van der Waals surface area (Å²) < 4.78 is 33.8. The van der Waals surface area contributed by atoms with E-state index in [4.69, 9.17) is 0 Å². The number of piperazine rings is 1. The van der Waals surface area contributed by atoms with Gasteiger partial charge in [-0.1, -0.05) is 18.2 Å². The number of methoxy groups -OCH3 is 1. The fraction of sp³-hybridized carbons (Fsp3) is 0.353. The molecule has 0 spiro atoms. The lowest BCUT2D eigenvalue weighted by Crippen LogP contribution is -2.57. The third kappa shape index (κ3) is 5.01. The summed E-state index contributed by atoms with van der Waals surface area (Å²) in [5, 5.41) is 2.58. The van der Waals surface area contributed by atoms with Gasteiger partial charge in [-0.05, 0) is 12.1 Å². The van der Waals surface area contributed by atoms with E-state index in [1.165, 1.54) is 36.3 Å². The van der Waals surface area contributed by atoms with Gasteiger partial charge in [0.05, 0.1) is 13.5 Å². The molecule has 0 radical (unpaired) electrons. The van der Waals surface area contributed by atoms with E-state index in [1.54, 1.807) is 6.07 Å². The molecular weight excluding hydrogens is 350 g/mol. The van der Waals surface area contributed by atoms with E-state index in [0.717, 1.165) is 6.08 Å². The Hall–Kier alpha value is -2.97. The Balaban J connectivity index is 2.15. The highest BCUT2D eigenvalue weighted by molar-refractivity contribution is 5.97. The molecule has 1 fully saturated rings. The molecule has 1 heterocycles. The molecule has 7 nitrogen and oxygen atoms in total. The van der Waals surface area contributed by atoms with E-state index in [-0.39, 0.29) is 30.8 Å². The Kier molecular flexibility index (Phi) is 6.65. The lowest BCUT2D eigenvalue weighted by Gasteiger charge is -2.33. The molecule has 0 saturated carbocycles. The summed E-state index contributed by atoms with van der Waals surface area (Å²) in [5.41, 5.74) is 0.284. The number of alkyl halides is 2. The van der Waals surface area contributed by atoms with Gasteiger partial charge in [-0.25, -0.2) is 0 Å². The molecule has 1 unspecified atom stereocenters. The van der Waals surface area contributed by atoms with Crippen LogP contribution in [0.5, 0.6) is 5.75 Å². The van der Waals surface area contributed by atoms with Crippen LogP contribution in [0.25, 0.3) is 6.08 Å².